The highest BCUT2D eigenvalue weighted by Crippen LogP contribution is 2.16. The molecule has 172 valence electrons. The van der Waals surface area contributed by atoms with Crippen LogP contribution in [-0.2, 0) is 19.6 Å². The Morgan fingerprint density at radius 2 is 1.72 bits per heavy atom. The van der Waals surface area contributed by atoms with Crippen molar-refractivity contribution in [3.05, 3.63) is 35.8 Å². The molecule has 0 unspecified atom stereocenters. The number of nitrogens with zero attached hydrogens (tertiary/aromatic N) is 4. The standard InChI is InChI=1S/C20H27N7O4S/c1-14-6-7-21-16(12-14)26-18-13-17(24-15(2)25-18)22-8-9-23-32(30,31)11-10-27-19(28)4-3-5-20(27)29/h6-7,12-13,23H,3-5,8-11H2,1-2H3,(H2,21,22,24,25,26). The predicted molar refractivity (Wildman–Crippen MR) is 120 cm³/mol. The van der Waals surface area contributed by atoms with Crippen molar-refractivity contribution in [1.29, 1.82) is 0 Å². The van der Waals surface area contributed by atoms with Crippen LogP contribution in [0.5, 0.6) is 0 Å². The van der Waals surface area contributed by atoms with E-state index >= 15 is 0 Å². The van der Waals surface area contributed by atoms with Gasteiger partial charge in [-0.1, -0.05) is 0 Å². The number of carbonyl (C=O) groups excluding carboxylic acids is 2. The number of carbonyl (C=O) groups is 2. The summed E-state index contributed by atoms with van der Waals surface area (Å²) in [5.74, 6) is 1.35. The molecule has 0 spiro atoms. The third-order valence-corrected chi connectivity index (χ3v) is 6.09. The van der Waals surface area contributed by atoms with E-state index in [0.717, 1.165) is 10.5 Å². The van der Waals surface area contributed by atoms with Crippen LogP contribution in [0.4, 0.5) is 17.5 Å². The Kier molecular flexibility index (Phi) is 7.70. The molecule has 12 heteroatoms. The summed E-state index contributed by atoms with van der Waals surface area (Å²) in [7, 11) is -3.63. The van der Waals surface area contributed by atoms with Gasteiger partial charge in [0.05, 0.1) is 5.75 Å². The van der Waals surface area contributed by atoms with E-state index in [9.17, 15) is 18.0 Å². The molecule has 0 atom stereocenters. The van der Waals surface area contributed by atoms with Gasteiger partial charge in [0.15, 0.2) is 0 Å². The van der Waals surface area contributed by atoms with Crippen LogP contribution in [0.25, 0.3) is 0 Å². The van der Waals surface area contributed by atoms with Crippen LogP contribution < -0.4 is 15.4 Å². The molecule has 11 nitrogen and oxygen atoms in total. The summed E-state index contributed by atoms with van der Waals surface area (Å²) in [6.07, 6.45) is 2.77. The van der Waals surface area contributed by atoms with E-state index in [0.29, 0.717) is 36.2 Å². The summed E-state index contributed by atoms with van der Waals surface area (Å²) >= 11 is 0. The molecule has 2 amide bonds. The number of piperidine rings is 1. The Hall–Kier alpha value is -3.12. The lowest BCUT2D eigenvalue weighted by molar-refractivity contribution is -0.147. The van der Waals surface area contributed by atoms with Crippen LogP contribution in [0.15, 0.2) is 24.4 Å². The van der Waals surface area contributed by atoms with Crippen LogP contribution in [0.1, 0.15) is 30.7 Å². The van der Waals surface area contributed by atoms with E-state index in [2.05, 4.69) is 30.3 Å². The first-order chi connectivity index (χ1) is 15.2. The molecule has 3 N–H and O–H groups in total. The fourth-order valence-electron chi connectivity index (χ4n) is 3.19. The first-order valence-electron chi connectivity index (χ1n) is 10.3. The summed E-state index contributed by atoms with van der Waals surface area (Å²) < 4.78 is 26.9. The van der Waals surface area contributed by atoms with Crippen LogP contribution in [0.2, 0.25) is 0 Å². The van der Waals surface area contributed by atoms with Crippen LogP contribution in [-0.4, -0.2) is 65.5 Å². The molecule has 32 heavy (non-hydrogen) atoms. The van der Waals surface area contributed by atoms with Gasteiger partial charge in [0.25, 0.3) is 0 Å². The highest BCUT2D eigenvalue weighted by Gasteiger charge is 2.27. The first-order valence-corrected chi connectivity index (χ1v) is 12.0. The van der Waals surface area contributed by atoms with Crippen LogP contribution in [0.3, 0.4) is 0 Å². The second kappa shape index (κ2) is 10.5. The van der Waals surface area contributed by atoms with Gasteiger partial charge in [0.1, 0.15) is 23.3 Å². The van der Waals surface area contributed by atoms with Crippen LogP contribution in [0, 0.1) is 13.8 Å². The average Bonchev–Trinajstić information content (AvgIpc) is 2.70. The van der Waals surface area contributed by atoms with Crippen molar-refractivity contribution >= 4 is 39.3 Å². The lowest BCUT2D eigenvalue weighted by Gasteiger charge is -2.24. The molecule has 3 heterocycles. The van der Waals surface area contributed by atoms with Crippen molar-refractivity contribution < 1.29 is 18.0 Å². The molecule has 0 aromatic carbocycles. The molecule has 0 saturated carbocycles. The lowest BCUT2D eigenvalue weighted by Crippen LogP contribution is -2.44. The minimum atomic E-state index is -3.63. The van der Waals surface area contributed by atoms with Gasteiger partial charge < -0.3 is 10.6 Å². The largest absolute Gasteiger partial charge is 0.369 e. The third-order valence-electron chi connectivity index (χ3n) is 4.73. The minimum Gasteiger partial charge on any atom is -0.369 e. The number of aryl methyl sites for hydroxylation is 2. The van der Waals surface area contributed by atoms with Crippen LogP contribution >= 0.6 is 0 Å². The van der Waals surface area contributed by atoms with E-state index in [-0.39, 0.29) is 43.5 Å². The highest BCUT2D eigenvalue weighted by molar-refractivity contribution is 7.89. The van der Waals surface area contributed by atoms with Gasteiger partial charge in [-0.3, -0.25) is 14.5 Å². The molecular formula is C20H27N7O4S. The monoisotopic (exact) mass is 461 g/mol. The van der Waals surface area contributed by atoms with E-state index in [4.69, 9.17) is 0 Å². The van der Waals surface area contributed by atoms with Gasteiger partial charge in [-0.15, -0.1) is 0 Å². The van der Waals surface area contributed by atoms with Crippen molar-refractivity contribution in [3.63, 3.8) is 0 Å². The number of hydrogen-bond acceptors (Lipinski definition) is 9. The number of rotatable bonds is 10. The summed E-state index contributed by atoms with van der Waals surface area (Å²) in [6.45, 7) is 4.00. The maximum absolute atomic E-state index is 12.2. The van der Waals surface area contributed by atoms with Gasteiger partial charge in [0.2, 0.25) is 21.8 Å². The van der Waals surface area contributed by atoms with Crippen molar-refractivity contribution in [2.24, 2.45) is 0 Å². The molecule has 1 aliphatic heterocycles. The number of amides is 2. The number of anilines is 3. The van der Waals surface area contributed by atoms with Gasteiger partial charge in [-0.05, 0) is 38.0 Å². The molecule has 3 rings (SSSR count). The molecule has 2 aromatic rings. The molecule has 1 saturated heterocycles. The Balaban J connectivity index is 1.48. The van der Waals surface area contributed by atoms with Crippen molar-refractivity contribution in [2.75, 3.05) is 36.0 Å². The van der Waals surface area contributed by atoms with Gasteiger partial charge >= 0.3 is 0 Å². The number of hydrogen-bond donors (Lipinski definition) is 3. The lowest BCUT2D eigenvalue weighted by atomic mass is 10.1. The zero-order chi connectivity index (χ0) is 23.1. The fraction of sp³-hybridized carbons (Fsp3) is 0.450. The molecule has 0 radical (unpaired) electrons. The highest BCUT2D eigenvalue weighted by atomic mass is 32.2. The second-order valence-corrected chi connectivity index (χ2v) is 9.39. The van der Waals surface area contributed by atoms with Gasteiger partial charge in [-0.2, -0.15) is 0 Å². The Labute approximate surface area is 187 Å². The predicted octanol–water partition coefficient (Wildman–Crippen LogP) is 1.10. The maximum atomic E-state index is 12.2. The van der Waals surface area contributed by atoms with E-state index in [1.807, 2.05) is 19.1 Å². The third kappa shape index (κ3) is 6.95. The minimum absolute atomic E-state index is 0.121. The number of sulfonamides is 1. The number of likely N-dealkylation sites (tertiary alicyclic amines) is 1. The Bertz CT molecular complexity index is 1080. The number of aromatic nitrogens is 3. The fourth-order valence-corrected chi connectivity index (χ4v) is 4.17. The summed E-state index contributed by atoms with van der Waals surface area (Å²) in [5, 5.41) is 6.18. The van der Waals surface area contributed by atoms with E-state index in [1.54, 1.807) is 19.2 Å². The number of imide groups is 1. The SMILES string of the molecule is Cc1ccnc(Nc2cc(NCCNS(=O)(=O)CCN3C(=O)CCCC3=O)nc(C)n2)c1. The molecule has 0 bridgehead atoms. The molecular weight excluding hydrogens is 434 g/mol. The topological polar surface area (TPSA) is 146 Å². The van der Waals surface area contributed by atoms with Gasteiger partial charge in [0, 0.05) is 44.7 Å². The molecule has 2 aromatic heterocycles. The number of pyridine rings is 1. The van der Waals surface area contributed by atoms with E-state index in [1.165, 1.54) is 0 Å². The van der Waals surface area contributed by atoms with Crippen molar-refractivity contribution in [3.8, 4) is 0 Å². The summed E-state index contributed by atoms with van der Waals surface area (Å²) in [6, 6.07) is 5.50. The first kappa shape index (κ1) is 23.5. The summed E-state index contributed by atoms with van der Waals surface area (Å²) in [4.78, 5) is 37.5. The Morgan fingerprint density at radius 1 is 1.00 bits per heavy atom. The second-order valence-electron chi connectivity index (χ2n) is 7.46. The Morgan fingerprint density at radius 3 is 2.44 bits per heavy atom. The van der Waals surface area contributed by atoms with E-state index < -0.39 is 10.0 Å². The van der Waals surface area contributed by atoms with Crippen molar-refractivity contribution in [2.45, 2.75) is 33.1 Å². The summed E-state index contributed by atoms with van der Waals surface area (Å²) in [5.41, 5.74) is 1.06. The maximum Gasteiger partial charge on any atom is 0.229 e. The average molecular weight is 462 g/mol. The zero-order valence-electron chi connectivity index (χ0n) is 18.1. The quantitative estimate of drug-likeness (QED) is 0.350. The van der Waals surface area contributed by atoms with Gasteiger partial charge in [-0.25, -0.2) is 28.1 Å². The molecule has 1 aliphatic rings. The number of nitrogens with one attached hydrogen (secondary N) is 3. The zero-order valence-corrected chi connectivity index (χ0v) is 18.9. The molecule has 0 aliphatic carbocycles. The molecule has 1 fully saturated rings. The normalized spacial score (nSPS) is 14.5. The smallest absolute Gasteiger partial charge is 0.229 e. The van der Waals surface area contributed by atoms with Crippen molar-refractivity contribution in [1.82, 2.24) is 24.6 Å².